The van der Waals surface area contributed by atoms with Gasteiger partial charge in [-0.05, 0) is 70.0 Å². The predicted octanol–water partition coefficient (Wildman–Crippen LogP) is 4.95. The number of rotatable bonds is 7. The molecule has 11 nitrogen and oxygen atoms in total. The zero-order valence-electron chi connectivity index (χ0n) is 21.4. The lowest BCUT2D eigenvalue weighted by atomic mass is 10.1. The molecule has 15 heteroatoms. The summed E-state index contributed by atoms with van der Waals surface area (Å²) in [6.07, 6.45) is 0.941. The molecular weight excluding hydrogens is 576 g/mol. The molecule has 38 heavy (non-hydrogen) atoms. The first-order chi connectivity index (χ1) is 17.2. The molecular formula is C23H27ClN4O7S3. The number of halogens is 1. The van der Waals surface area contributed by atoms with Crippen LogP contribution in [0.15, 0.2) is 56.4 Å². The molecule has 0 heterocycles. The van der Waals surface area contributed by atoms with Crippen LogP contribution in [0, 0.1) is 13.8 Å². The first kappa shape index (κ1) is 29.8. The van der Waals surface area contributed by atoms with Crippen LogP contribution in [0.3, 0.4) is 0 Å². The van der Waals surface area contributed by atoms with Crippen LogP contribution in [0.2, 0.25) is 0 Å². The average Bonchev–Trinajstić information content (AvgIpc) is 2.69. The molecule has 0 spiro atoms. The average molecular weight is 603 g/mol. The number of hydrogen-bond donors (Lipinski definition) is 3. The lowest BCUT2D eigenvalue weighted by molar-refractivity contribution is 0.458. The number of fused-ring (bicyclic) bond motifs is 1. The molecule has 0 aliphatic carbocycles. The minimum atomic E-state index is -4.25. The van der Waals surface area contributed by atoms with E-state index in [1.807, 2.05) is 0 Å². The van der Waals surface area contributed by atoms with E-state index < -0.39 is 45.3 Å². The molecule has 3 N–H and O–H groups in total. The zero-order chi connectivity index (χ0) is 28.8. The van der Waals surface area contributed by atoms with Crippen LogP contribution in [0.5, 0.6) is 5.75 Å². The van der Waals surface area contributed by atoms with Gasteiger partial charge in [-0.1, -0.05) is 12.1 Å². The van der Waals surface area contributed by atoms with Gasteiger partial charge in [0, 0.05) is 27.0 Å². The van der Waals surface area contributed by atoms with Gasteiger partial charge < -0.3 is 5.11 Å². The maximum Gasteiger partial charge on any atom is 0.261 e. The molecule has 0 bridgehead atoms. The number of phenols is 1. The Labute approximate surface area is 226 Å². The quantitative estimate of drug-likeness (QED) is 0.253. The third-order valence-electron chi connectivity index (χ3n) is 5.06. The molecule has 0 aliphatic rings. The summed E-state index contributed by atoms with van der Waals surface area (Å²) in [5.74, 6) is -0.601. The van der Waals surface area contributed by atoms with Crippen LogP contribution in [-0.4, -0.2) is 42.2 Å². The zero-order valence-corrected chi connectivity index (χ0v) is 24.6. The highest BCUT2D eigenvalue weighted by molar-refractivity contribution is 8.13. The van der Waals surface area contributed by atoms with Gasteiger partial charge in [0.15, 0.2) is 0 Å². The molecule has 0 radical (unpaired) electrons. The van der Waals surface area contributed by atoms with Crippen molar-refractivity contribution in [2.75, 3.05) is 11.0 Å². The molecule has 3 aromatic rings. The number of benzene rings is 3. The van der Waals surface area contributed by atoms with E-state index >= 15 is 0 Å². The molecule has 3 aromatic carbocycles. The SMILES string of the molecule is Cc1cc(N=Nc2cc(S(=O)(=O)NC(C)(C)C)c(O)c3cccc(NS(C)(=O)=O)c23)cc(C)c1S(=O)(=O)Cl. The van der Waals surface area contributed by atoms with E-state index in [1.165, 1.54) is 44.2 Å². The van der Waals surface area contributed by atoms with E-state index in [0.29, 0.717) is 11.1 Å². The Kier molecular flexibility index (Phi) is 7.89. The fourth-order valence-electron chi connectivity index (χ4n) is 3.93. The monoisotopic (exact) mass is 602 g/mol. The van der Waals surface area contributed by atoms with Crippen LogP contribution >= 0.6 is 10.7 Å². The van der Waals surface area contributed by atoms with Crippen molar-refractivity contribution < 1.29 is 30.4 Å². The van der Waals surface area contributed by atoms with Crippen molar-refractivity contribution in [3.05, 3.63) is 47.5 Å². The third-order valence-corrected chi connectivity index (χ3v) is 9.02. The number of aryl methyl sites for hydroxylation is 2. The van der Waals surface area contributed by atoms with E-state index in [0.717, 1.165) is 12.3 Å². The molecule has 0 amide bonds. The topological polar surface area (TPSA) is 171 Å². The second kappa shape index (κ2) is 10.1. The van der Waals surface area contributed by atoms with Gasteiger partial charge in [-0.2, -0.15) is 5.11 Å². The molecule has 206 valence electrons. The lowest BCUT2D eigenvalue weighted by Gasteiger charge is -2.21. The number of phenolic OH excluding ortho intramolecular Hbond substituents is 1. The first-order valence-electron chi connectivity index (χ1n) is 11.0. The van der Waals surface area contributed by atoms with E-state index in [-0.39, 0.29) is 32.7 Å². The minimum absolute atomic E-state index is 0.0142. The Hall–Kier alpha value is -2.78. The van der Waals surface area contributed by atoms with Crippen LogP contribution in [0.25, 0.3) is 10.8 Å². The summed E-state index contributed by atoms with van der Waals surface area (Å²) >= 11 is 0. The van der Waals surface area contributed by atoms with Gasteiger partial charge in [0.2, 0.25) is 20.0 Å². The molecule has 0 saturated heterocycles. The smallest absolute Gasteiger partial charge is 0.261 e. The summed E-state index contributed by atoms with van der Waals surface area (Å²) in [6.45, 7) is 7.97. The van der Waals surface area contributed by atoms with Gasteiger partial charge >= 0.3 is 0 Å². The molecule has 0 aromatic heterocycles. The Balaban J connectivity index is 2.34. The molecule has 0 fully saturated rings. The molecule has 3 rings (SSSR count). The number of aromatic hydroxyl groups is 1. The molecule has 0 unspecified atom stereocenters. The summed E-state index contributed by atoms with van der Waals surface area (Å²) in [7, 11) is -6.49. The van der Waals surface area contributed by atoms with E-state index in [9.17, 15) is 30.4 Å². The number of sulfonamides is 2. The third kappa shape index (κ3) is 6.80. The Morgan fingerprint density at radius 3 is 2.00 bits per heavy atom. The molecule has 0 aliphatic heterocycles. The summed E-state index contributed by atoms with van der Waals surface area (Å²) in [6, 6.07) is 8.24. The Morgan fingerprint density at radius 2 is 1.50 bits per heavy atom. The van der Waals surface area contributed by atoms with Crippen molar-refractivity contribution in [3.8, 4) is 5.75 Å². The number of anilines is 1. The summed E-state index contributed by atoms with van der Waals surface area (Å²) in [4.78, 5) is -0.546. The molecule has 0 saturated carbocycles. The first-order valence-corrected chi connectivity index (χ1v) is 16.7. The van der Waals surface area contributed by atoms with Gasteiger partial charge in [0.25, 0.3) is 9.05 Å². The van der Waals surface area contributed by atoms with E-state index in [1.54, 1.807) is 20.8 Å². The Bertz CT molecular complexity index is 1770. The maximum atomic E-state index is 13.1. The molecule has 0 atom stereocenters. The van der Waals surface area contributed by atoms with Crippen molar-refractivity contribution in [2.24, 2.45) is 10.2 Å². The largest absolute Gasteiger partial charge is 0.506 e. The summed E-state index contributed by atoms with van der Waals surface area (Å²) in [5, 5.41) is 19.4. The van der Waals surface area contributed by atoms with Crippen molar-refractivity contribution in [1.82, 2.24) is 4.72 Å². The summed E-state index contributed by atoms with van der Waals surface area (Å²) in [5.41, 5.74) is -0.0263. The lowest BCUT2D eigenvalue weighted by Crippen LogP contribution is -2.40. The van der Waals surface area contributed by atoms with Crippen molar-refractivity contribution in [3.63, 3.8) is 0 Å². The van der Waals surface area contributed by atoms with Crippen LogP contribution in [0.1, 0.15) is 31.9 Å². The van der Waals surface area contributed by atoms with Crippen molar-refractivity contribution in [2.45, 2.75) is 49.9 Å². The second-order valence-corrected chi connectivity index (χ2v) is 15.6. The highest BCUT2D eigenvalue weighted by Crippen LogP contribution is 2.43. The fraction of sp³-hybridized carbons (Fsp3) is 0.304. The van der Waals surface area contributed by atoms with Gasteiger partial charge in [0.05, 0.1) is 28.2 Å². The van der Waals surface area contributed by atoms with E-state index in [4.69, 9.17) is 10.7 Å². The van der Waals surface area contributed by atoms with Crippen LogP contribution < -0.4 is 9.44 Å². The highest BCUT2D eigenvalue weighted by Gasteiger charge is 2.28. The maximum absolute atomic E-state index is 13.1. The van der Waals surface area contributed by atoms with Crippen molar-refractivity contribution >= 4 is 67.6 Å². The minimum Gasteiger partial charge on any atom is -0.506 e. The number of nitrogens with one attached hydrogen (secondary N) is 2. The van der Waals surface area contributed by atoms with Crippen molar-refractivity contribution in [1.29, 1.82) is 0 Å². The Morgan fingerprint density at radius 1 is 0.921 bits per heavy atom. The van der Waals surface area contributed by atoms with Gasteiger partial charge in [-0.3, -0.25) is 4.72 Å². The fourth-order valence-corrected chi connectivity index (χ4v) is 7.67. The standard InChI is InChI=1S/C23H27ClN4O7S3/c1-13-10-15(11-14(2)22(13)37(24,32)33)25-26-18-12-19(38(34,35)28-23(3,4)5)21(29)16-8-7-9-17(20(16)18)27-36(6,30)31/h7-12,27-29H,1-6H3. The van der Waals surface area contributed by atoms with Gasteiger partial charge in [-0.15, -0.1) is 5.11 Å². The number of nitrogens with zero attached hydrogens (tertiary/aromatic N) is 2. The van der Waals surface area contributed by atoms with Crippen LogP contribution in [0.4, 0.5) is 17.1 Å². The summed E-state index contributed by atoms with van der Waals surface area (Å²) < 4.78 is 78.9. The highest BCUT2D eigenvalue weighted by atomic mass is 35.7. The number of hydrogen-bond acceptors (Lipinski definition) is 9. The van der Waals surface area contributed by atoms with Gasteiger partial charge in [0.1, 0.15) is 10.6 Å². The second-order valence-electron chi connectivity index (χ2n) is 9.75. The van der Waals surface area contributed by atoms with Crippen LogP contribution in [-0.2, 0) is 29.1 Å². The van der Waals surface area contributed by atoms with E-state index in [2.05, 4.69) is 19.7 Å². The predicted molar refractivity (Wildman–Crippen MR) is 147 cm³/mol. The normalized spacial score (nSPS) is 13.3. The number of azo groups is 1. The van der Waals surface area contributed by atoms with Gasteiger partial charge in [-0.25, -0.2) is 30.0 Å².